The molecule has 1 unspecified atom stereocenters. The summed E-state index contributed by atoms with van der Waals surface area (Å²) < 4.78 is 0. The second-order valence-electron chi connectivity index (χ2n) is 4.51. The van der Waals surface area contributed by atoms with Gasteiger partial charge in [0.05, 0.1) is 0 Å². The molecular weight excluding hydrogens is 184 g/mol. The van der Waals surface area contributed by atoms with Gasteiger partial charge >= 0.3 is 0 Å². The molecule has 2 heteroatoms. The van der Waals surface area contributed by atoms with E-state index in [1.807, 2.05) is 13.1 Å². The predicted molar refractivity (Wildman–Crippen MR) is 67.2 cm³/mol. The molecule has 0 aromatic carbocycles. The van der Waals surface area contributed by atoms with E-state index < -0.39 is 0 Å². The zero-order valence-corrected chi connectivity index (χ0v) is 10.2. The Labute approximate surface area is 94.7 Å². The lowest BCUT2D eigenvalue weighted by Gasteiger charge is -2.35. The number of likely N-dealkylation sites (tertiary alicyclic amines) is 1. The van der Waals surface area contributed by atoms with Gasteiger partial charge < -0.3 is 10.2 Å². The van der Waals surface area contributed by atoms with Crippen LogP contribution in [0.5, 0.6) is 0 Å². The van der Waals surface area contributed by atoms with Crippen molar-refractivity contribution in [3.05, 3.63) is 12.7 Å². The zero-order chi connectivity index (χ0) is 10.9. The van der Waals surface area contributed by atoms with Crippen LogP contribution in [0.25, 0.3) is 0 Å². The fourth-order valence-electron chi connectivity index (χ4n) is 2.43. The van der Waals surface area contributed by atoms with Crippen LogP contribution in [0.15, 0.2) is 12.7 Å². The minimum atomic E-state index is 0.830. The number of allylic oxidation sites excluding steroid dienone is 1. The quantitative estimate of drug-likeness (QED) is 0.513. The Morgan fingerprint density at radius 2 is 2.33 bits per heavy atom. The molecule has 1 aliphatic heterocycles. The maximum Gasteiger partial charge on any atom is 0.0107 e. The number of rotatable bonds is 7. The lowest BCUT2D eigenvalue weighted by molar-refractivity contribution is 0.139. The summed E-state index contributed by atoms with van der Waals surface area (Å²) in [6.07, 6.45) is 10.00. The summed E-state index contributed by atoms with van der Waals surface area (Å²) in [6, 6.07) is 0.830. The molecule has 1 N–H and O–H groups in total. The molecule has 0 amide bonds. The third kappa shape index (κ3) is 4.80. The van der Waals surface area contributed by atoms with Crippen LogP contribution in [0.1, 0.15) is 38.5 Å². The van der Waals surface area contributed by atoms with E-state index in [2.05, 4.69) is 16.8 Å². The first-order chi connectivity index (χ1) is 7.38. The molecule has 1 rings (SSSR count). The van der Waals surface area contributed by atoms with Crippen molar-refractivity contribution in [2.24, 2.45) is 0 Å². The van der Waals surface area contributed by atoms with Gasteiger partial charge in [0.15, 0.2) is 0 Å². The number of unbranched alkanes of at least 4 members (excludes halogenated alkanes) is 1. The summed E-state index contributed by atoms with van der Waals surface area (Å²) >= 11 is 0. The molecule has 1 aliphatic rings. The summed E-state index contributed by atoms with van der Waals surface area (Å²) in [6.45, 7) is 7.51. The molecule has 0 aromatic rings. The standard InChI is InChI=1S/C13H26N2/c1-3-4-6-11-15-12-7-5-8-13(15)9-10-14-2/h3,13-14H,1,4-12H2,2H3. The van der Waals surface area contributed by atoms with Crippen LogP contribution >= 0.6 is 0 Å². The van der Waals surface area contributed by atoms with Crippen LogP contribution < -0.4 is 5.32 Å². The maximum atomic E-state index is 3.78. The highest BCUT2D eigenvalue weighted by atomic mass is 15.2. The topological polar surface area (TPSA) is 15.3 Å². The van der Waals surface area contributed by atoms with Crippen molar-refractivity contribution >= 4 is 0 Å². The molecule has 88 valence electrons. The van der Waals surface area contributed by atoms with Gasteiger partial charge in [0.2, 0.25) is 0 Å². The summed E-state index contributed by atoms with van der Waals surface area (Å²) in [7, 11) is 2.05. The fraction of sp³-hybridized carbons (Fsp3) is 0.846. The van der Waals surface area contributed by atoms with Gasteiger partial charge in [-0.3, -0.25) is 0 Å². The zero-order valence-electron chi connectivity index (χ0n) is 10.2. The first kappa shape index (κ1) is 12.7. The normalized spacial score (nSPS) is 22.9. The smallest absolute Gasteiger partial charge is 0.0107 e. The average molecular weight is 210 g/mol. The van der Waals surface area contributed by atoms with Gasteiger partial charge in [-0.05, 0) is 58.8 Å². The highest BCUT2D eigenvalue weighted by molar-refractivity contribution is 4.78. The fourth-order valence-corrected chi connectivity index (χ4v) is 2.43. The molecule has 0 radical (unpaired) electrons. The molecule has 1 saturated heterocycles. The second-order valence-corrected chi connectivity index (χ2v) is 4.51. The molecule has 15 heavy (non-hydrogen) atoms. The van der Waals surface area contributed by atoms with Gasteiger partial charge in [-0.1, -0.05) is 12.5 Å². The SMILES string of the molecule is C=CCCCN1CCCCC1CCNC. The molecule has 1 atom stereocenters. The minimum Gasteiger partial charge on any atom is -0.320 e. The van der Waals surface area contributed by atoms with Gasteiger partial charge in [-0.15, -0.1) is 6.58 Å². The first-order valence-electron chi connectivity index (χ1n) is 6.38. The number of hydrogen-bond donors (Lipinski definition) is 1. The monoisotopic (exact) mass is 210 g/mol. The third-order valence-electron chi connectivity index (χ3n) is 3.33. The number of hydrogen-bond acceptors (Lipinski definition) is 2. The predicted octanol–water partition coefficient (Wildman–Crippen LogP) is 2.42. The summed E-state index contributed by atoms with van der Waals surface area (Å²) in [5.41, 5.74) is 0. The second kappa shape index (κ2) is 7.89. The van der Waals surface area contributed by atoms with Crippen molar-refractivity contribution in [1.82, 2.24) is 10.2 Å². The minimum absolute atomic E-state index is 0.830. The first-order valence-corrected chi connectivity index (χ1v) is 6.38. The van der Waals surface area contributed by atoms with Crippen molar-refractivity contribution in [2.75, 3.05) is 26.7 Å². The van der Waals surface area contributed by atoms with E-state index in [1.165, 1.54) is 45.2 Å². The van der Waals surface area contributed by atoms with E-state index in [1.54, 1.807) is 0 Å². The summed E-state index contributed by atoms with van der Waals surface area (Å²) in [4.78, 5) is 2.68. The Balaban J connectivity index is 2.25. The Hall–Kier alpha value is -0.340. The molecule has 1 fully saturated rings. The highest BCUT2D eigenvalue weighted by Gasteiger charge is 2.20. The number of nitrogens with one attached hydrogen (secondary N) is 1. The molecule has 0 aliphatic carbocycles. The molecule has 1 heterocycles. The van der Waals surface area contributed by atoms with Crippen LogP contribution in [0, 0.1) is 0 Å². The number of piperidine rings is 1. The lowest BCUT2D eigenvalue weighted by Crippen LogP contribution is -2.41. The summed E-state index contributed by atoms with van der Waals surface area (Å²) in [5.74, 6) is 0. The van der Waals surface area contributed by atoms with E-state index in [-0.39, 0.29) is 0 Å². The van der Waals surface area contributed by atoms with Crippen LogP contribution in [0.2, 0.25) is 0 Å². The number of nitrogens with zero attached hydrogens (tertiary/aromatic N) is 1. The Morgan fingerprint density at radius 3 is 3.07 bits per heavy atom. The van der Waals surface area contributed by atoms with E-state index in [0.29, 0.717) is 0 Å². The third-order valence-corrected chi connectivity index (χ3v) is 3.33. The Kier molecular flexibility index (Phi) is 6.69. The van der Waals surface area contributed by atoms with Crippen molar-refractivity contribution in [3.8, 4) is 0 Å². The van der Waals surface area contributed by atoms with Gasteiger partial charge in [0.25, 0.3) is 0 Å². The molecule has 0 saturated carbocycles. The largest absolute Gasteiger partial charge is 0.320 e. The van der Waals surface area contributed by atoms with E-state index >= 15 is 0 Å². The Morgan fingerprint density at radius 1 is 1.47 bits per heavy atom. The average Bonchev–Trinajstić information content (AvgIpc) is 2.28. The lowest BCUT2D eigenvalue weighted by atomic mass is 9.99. The van der Waals surface area contributed by atoms with Gasteiger partial charge in [-0.25, -0.2) is 0 Å². The molecular formula is C13H26N2. The van der Waals surface area contributed by atoms with Crippen LogP contribution in [0.3, 0.4) is 0 Å². The van der Waals surface area contributed by atoms with Gasteiger partial charge in [0.1, 0.15) is 0 Å². The molecule has 0 bridgehead atoms. The maximum absolute atomic E-state index is 3.78. The molecule has 0 spiro atoms. The Bertz CT molecular complexity index is 168. The van der Waals surface area contributed by atoms with Gasteiger partial charge in [0, 0.05) is 6.04 Å². The van der Waals surface area contributed by atoms with Crippen LogP contribution in [-0.4, -0.2) is 37.6 Å². The highest BCUT2D eigenvalue weighted by Crippen LogP contribution is 2.19. The van der Waals surface area contributed by atoms with Crippen LogP contribution in [0.4, 0.5) is 0 Å². The van der Waals surface area contributed by atoms with E-state index in [4.69, 9.17) is 0 Å². The van der Waals surface area contributed by atoms with Crippen molar-refractivity contribution in [1.29, 1.82) is 0 Å². The van der Waals surface area contributed by atoms with Crippen molar-refractivity contribution in [2.45, 2.75) is 44.6 Å². The van der Waals surface area contributed by atoms with Crippen LogP contribution in [-0.2, 0) is 0 Å². The van der Waals surface area contributed by atoms with Crippen molar-refractivity contribution in [3.63, 3.8) is 0 Å². The van der Waals surface area contributed by atoms with Crippen molar-refractivity contribution < 1.29 is 0 Å². The molecule has 0 aromatic heterocycles. The van der Waals surface area contributed by atoms with Gasteiger partial charge in [-0.2, -0.15) is 0 Å². The van der Waals surface area contributed by atoms with E-state index in [9.17, 15) is 0 Å². The van der Waals surface area contributed by atoms with E-state index in [0.717, 1.165) is 19.0 Å². The summed E-state index contributed by atoms with van der Waals surface area (Å²) in [5, 5.41) is 3.26. The molecule has 2 nitrogen and oxygen atoms in total.